The quantitative estimate of drug-likeness (QED) is 0.194. The first-order valence-electron chi connectivity index (χ1n) is 7.28. The number of carbonyl (C=O) groups is 5. The molecule has 0 fully saturated rings. The first kappa shape index (κ1) is 22.7. The van der Waals surface area contributed by atoms with E-state index in [0.717, 1.165) is 0 Å². The van der Waals surface area contributed by atoms with E-state index in [1.54, 1.807) is 0 Å². The summed E-state index contributed by atoms with van der Waals surface area (Å²) in [5.74, 6) is -4.61. The summed E-state index contributed by atoms with van der Waals surface area (Å²) in [7, 11) is 0. The molecule has 0 spiro atoms. The summed E-state index contributed by atoms with van der Waals surface area (Å²) in [6.45, 7) is 2.82. The second-order valence-corrected chi connectivity index (χ2v) is 5.70. The van der Waals surface area contributed by atoms with Gasteiger partial charge in [0.05, 0.1) is 12.5 Å². The van der Waals surface area contributed by atoms with Crippen molar-refractivity contribution in [1.82, 2.24) is 16.0 Å². The highest BCUT2D eigenvalue weighted by Gasteiger charge is 2.28. The van der Waals surface area contributed by atoms with Crippen LogP contribution in [-0.2, 0) is 24.0 Å². The standard InChI is InChI=1S/C13H23N5O6S/c1-5(14)10(20)16-6(2)11(21)18-8(4-25)12(22)17-7(13(23)24)3-9(15)19/h5-8,25H,3-4,14H2,1-2H3,(H2,15,19)(H,16,20)(H,17,22)(H,18,21)(H,23,24). The van der Waals surface area contributed by atoms with Crippen molar-refractivity contribution < 1.29 is 29.1 Å². The SMILES string of the molecule is CC(N)C(=O)NC(C)C(=O)NC(CS)C(=O)NC(CC(N)=O)C(=O)O. The molecule has 0 aliphatic carbocycles. The fourth-order valence-corrected chi connectivity index (χ4v) is 1.83. The van der Waals surface area contributed by atoms with Crippen LogP contribution in [0.25, 0.3) is 0 Å². The Kier molecular flexibility index (Phi) is 9.53. The second kappa shape index (κ2) is 10.5. The van der Waals surface area contributed by atoms with Crippen LogP contribution in [0.15, 0.2) is 0 Å². The van der Waals surface area contributed by atoms with Crippen LogP contribution in [0.2, 0.25) is 0 Å². The predicted octanol–water partition coefficient (Wildman–Crippen LogP) is -3.30. The number of hydrogen-bond donors (Lipinski definition) is 7. The van der Waals surface area contributed by atoms with Gasteiger partial charge in [0.15, 0.2) is 0 Å². The minimum absolute atomic E-state index is 0.144. The third-order valence-corrected chi connectivity index (χ3v) is 3.37. The number of amides is 4. The fraction of sp³-hybridized carbons (Fsp3) is 0.615. The molecule has 0 heterocycles. The molecule has 8 N–H and O–H groups in total. The van der Waals surface area contributed by atoms with Gasteiger partial charge in [0, 0.05) is 5.75 Å². The molecule has 4 amide bonds. The lowest BCUT2D eigenvalue weighted by molar-refractivity contribution is -0.143. The highest BCUT2D eigenvalue weighted by Crippen LogP contribution is 1.97. The first-order chi connectivity index (χ1) is 11.5. The molecule has 0 aromatic carbocycles. The molecule has 0 aliphatic heterocycles. The number of carboxylic acids is 1. The van der Waals surface area contributed by atoms with Gasteiger partial charge in [-0.3, -0.25) is 19.2 Å². The Bertz CT molecular complexity index is 541. The average molecular weight is 377 g/mol. The summed E-state index contributed by atoms with van der Waals surface area (Å²) in [5.41, 5.74) is 10.3. The molecule has 0 aliphatic rings. The maximum atomic E-state index is 12.1. The summed E-state index contributed by atoms with van der Waals surface area (Å²) >= 11 is 3.92. The molecule has 0 aromatic heterocycles. The van der Waals surface area contributed by atoms with Crippen LogP contribution in [0.4, 0.5) is 0 Å². The van der Waals surface area contributed by atoms with Crippen molar-refractivity contribution in [2.75, 3.05) is 5.75 Å². The summed E-state index contributed by atoms with van der Waals surface area (Å²) in [6.07, 6.45) is -0.602. The predicted molar refractivity (Wildman–Crippen MR) is 90.4 cm³/mol. The molecule has 0 radical (unpaired) electrons. The third kappa shape index (κ3) is 8.35. The molecule has 12 heteroatoms. The van der Waals surface area contributed by atoms with Gasteiger partial charge in [-0.1, -0.05) is 0 Å². The highest BCUT2D eigenvalue weighted by molar-refractivity contribution is 7.80. The molecule has 25 heavy (non-hydrogen) atoms. The van der Waals surface area contributed by atoms with Crippen LogP contribution in [0.5, 0.6) is 0 Å². The van der Waals surface area contributed by atoms with Crippen molar-refractivity contribution in [3.05, 3.63) is 0 Å². The van der Waals surface area contributed by atoms with Crippen molar-refractivity contribution in [2.45, 2.75) is 44.4 Å². The van der Waals surface area contributed by atoms with E-state index < -0.39 is 60.2 Å². The Balaban J connectivity index is 4.82. The van der Waals surface area contributed by atoms with Crippen molar-refractivity contribution >= 4 is 42.2 Å². The zero-order valence-electron chi connectivity index (χ0n) is 13.8. The van der Waals surface area contributed by atoms with Crippen LogP contribution in [0, 0.1) is 0 Å². The molecular formula is C13H23N5O6S. The van der Waals surface area contributed by atoms with Crippen LogP contribution >= 0.6 is 12.6 Å². The van der Waals surface area contributed by atoms with Crippen LogP contribution in [0.3, 0.4) is 0 Å². The minimum atomic E-state index is -1.53. The Morgan fingerprint density at radius 2 is 1.48 bits per heavy atom. The van der Waals surface area contributed by atoms with Gasteiger partial charge in [-0.25, -0.2) is 4.79 Å². The lowest BCUT2D eigenvalue weighted by atomic mass is 10.1. The summed E-state index contributed by atoms with van der Waals surface area (Å²) < 4.78 is 0. The largest absolute Gasteiger partial charge is 0.480 e. The topological polar surface area (TPSA) is 194 Å². The zero-order chi connectivity index (χ0) is 19.7. The van der Waals surface area contributed by atoms with Crippen molar-refractivity contribution in [3.63, 3.8) is 0 Å². The van der Waals surface area contributed by atoms with E-state index in [-0.39, 0.29) is 5.75 Å². The zero-order valence-corrected chi connectivity index (χ0v) is 14.7. The van der Waals surface area contributed by atoms with E-state index in [9.17, 15) is 24.0 Å². The van der Waals surface area contributed by atoms with Crippen molar-refractivity contribution in [3.8, 4) is 0 Å². The van der Waals surface area contributed by atoms with Crippen LogP contribution < -0.4 is 27.4 Å². The lowest BCUT2D eigenvalue weighted by Gasteiger charge is -2.22. The second-order valence-electron chi connectivity index (χ2n) is 5.33. The first-order valence-corrected chi connectivity index (χ1v) is 7.91. The van der Waals surface area contributed by atoms with E-state index in [1.807, 2.05) is 0 Å². The van der Waals surface area contributed by atoms with Crippen molar-refractivity contribution in [2.24, 2.45) is 11.5 Å². The monoisotopic (exact) mass is 377 g/mol. The maximum absolute atomic E-state index is 12.1. The number of rotatable bonds is 10. The smallest absolute Gasteiger partial charge is 0.326 e. The van der Waals surface area contributed by atoms with Gasteiger partial charge < -0.3 is 32.5 Å². The average Bonchev–Trinajstić information content (AvgIpc) is 2.50. The Hall–Kier alpha value is -2.34. The van der Waals surface area contributed by atoms with Crippen LogP contribution in [-0.4, -0.2) is 64.6 Å². The van der Waals surface area contributed by atoms with E-state index in [1.165, 1.54) is 13.8 Å². The number of carbonyl (C=O) groups excluding carboxylic acids is 4. The van der Waals surface area contributed by atoms with Gasteiger partial charge in [0.1, 0.15) is 18.1 Å². The van der Waals surface area contributed by atoms with Gasteiger partial charge in [-0.05, 0) is 13.8 Å². The molecule has 142 valence electrons. The number of carboxylic acid groups (broad SMARTS) is 1. The lowest BCUT2D eigenvalue weighted by Crippen LogP contribution is -2.57. The van der Waals surface area contributed by atoms with E-state index >= 15 is 0 Å². The number of nitrogens with one attached hydrogen (secondary N) is 3. The molecule has 0 bridgehead atoms. The normalized spacial score (nSPS) is 15.2. The minimum Gasteiger partial charge on any atom is -0.480 e. The summed E-state index contributed by atoms with van der Waals surface area (Å²) in [5, 5.41) is 15.7. The Morgan fingerprint density at radius 1 is 0.960 bits per heavy atom. The molecule has 11 nitrogen and oxygen atoms in total. The van der Waals surface area contributed by atoms with E-state index in [4.69, 9.17) is 16.6 Å². The number of nitrogens with two attached hydrogens (primary N) is 2. The molecule has 4 unspecified atom stereocenters. The molecule has 0 rings (SSSR count). The fourth-order valence-electron chi connectivity index (χ4n) is 1.57. The van der Waals surface area contributed by atoms with Gasteiger partial charge >= 0.3 is 5.97 Å². The van der Waals surface area contributed by atoms with Gasteiger partial charge in [-0.15, -0.1) is 0 Å². The molecular weight excluding hydrogens is 354 g/mol. The number of primary amides is 1. The molecule has 4 atom stereocenters. The van der Waals surface area contributed by atoms with Gasteiger partial charge in [0.25, 0.3) is 0 Å². The molecule has 0 saturated carbocycles. The number of hydrogen-bond acceptors (Lipinski definition) is 7. The Morgan fingerprint density at radius 3 is 1.88 bits per heavy atom. The third-order valence-electron chi connectivity index (χ3n) is 3.00. The van der Waals surface area contributed by atoms with E-state index in [2.05, 4.69) is 28.6 Å². The molecule has 0 aromatic rings. The number of thiol groups is 1. The summed E-state index contributed by atoms with van der Waals surface area (Å²) in [4.78, 5) is 57.4. The summed E-state index contributed by atoms with van der Waals surface area (Å²) in [6, 6.07) is -4.50. The van der Waals surface area contributed by atoms with Crippen molar-refractivity contribution in [1.29, 1.82) is 0 Å². The van der Waals surface area contributed by atoms with E-state index in [0.29, 0.717) is 0 Å². The van der Waals surface area contributed by atoms with Crippen LogP contribution in [0.1, 0.15) is 20.3 Å². The van der Waals surface area contributed by atoms with Gasteiger partial charge in [0.2, 0.25) is 23.6 Å². The maximum Gasteiger partial charge on any atom is 0.326 e. The molecule has 0 saturated heterocycles. The Labute approximate surface area is 149 Å². The van der Waals surface area contributed by atoms with Gasteiger partial charge in [-0.2, -0.15) is 12.6 Å². The number of aliphatic carboxylic acids is 1. The highest BCUT2D eigenvalue weighted by atomic mass is 32.1.